The lowest BCUT2D eigenvalue weighted by atomic mass is 9.89. The Balaban J connectivity index is 1.15. The van der Waals surface area contributed by atoms with Crippen molar-refractivity contribution in [3.63, 3.8) is 0 Å². The van der Waals surface area contributed by atoms with Gasteiger partial charge in [0, 0.05) is 77.3 Å². The Bertz CT molecular complexity index is 6150. The van der Waals surface area contributed by atoms with Crippen molar-refractivity contribution in [1.29, 1.82) is 42.1 Å². The molecular formula is C81H29F3N16. The molecule has 11 aromatic carbocycles. The second-order valence-electron chi connectivity index (χ2n) is 22.5. The molecule has 2 heterocycles. The van der Waals surface area contributed by atoms with Crippen LogP contribution in [0.1, 0.15) is 50.1 Å². The molecule has 0 amide bonds. The number of rotatable bonds is 8. The van der Waals surface area contributed by atoms with Gasteiger partial charge in [-0.2, -0.15) is 55.3 Å². The van der Waals surface area contributed by atoms with Crippen LogP contribution in [0.2, 0.25) is 0 Å². The van der Waals surface area contributed by atoms with E-state index in [4.69, 9.17) is 39.4 Å². The summed E-state index contributed by atoms with van der Waals surface area (Å²) < 4.78 is 47.6. The van der Waals surface area contributed by atoms with E-state index in [1.54, 1.807) is 109 Å². The summed E-state index contributed by atoms with van der Waals surface area (Å²) in [6.45, 7) is 47.7. The van der Waals surface area contributed by atoms with E-state index in [1.165, 1.54) is 54.6 Å². The number of nitrogens with zero attached hydrogens (tertiary/aromatic N) is 16. The van der Waals surface area contributed by atoms with Gasteiger partial charge in [0.15, 0.2) is 34.1 Å². The first-order chi connectivity index (χ1) is 48.5. The number of hydrogen-bond donors (Lipinski definition) is 0. The Morgan fingerprint density at radius 3 is 1.12 bits per heavy atom. The van der Waals surface area contributed by atoms with Crippen LogP contribution in [0, 0.1) is 130 Å². The molecule has 0 saturated carbocycles. The monoisotopic (exact) mass is 1280 g/mol. The molecule has 100 heavy (non-hydrogen) atoms. The lowest BCUT2D eigenvalue weighted by molar-refractivity contribution is -0.137. The molecule has 0 bridgehead atoms. The highest BCUT2D eigenvalue weighted by atomic mass is 19.4. The zero-order valence-electron chi connectivity index (χ0n) is 51.0. The maximum Gasteiger partial charge on any atom is 0.416 e. The minimum Gasteiger partial charge on any atom is -0.309 e. The first-order valence-electron chi connectivity index (χ1n) is 29.4. The van der Waals surface area contributed by atoms with Gasteiger partial charge in [0.1, 0.15) is 0 Å². The summed E-state index contributed by atoms with van der Waals surface area (Å²) in [5.41, 5.74) is 5.24. The number of halogens is 3. The van der Waals surface area contributed by atoms with Crippen LogP contribution in [0.5, 0.6) is 0 Å². The van der Waals surface area contributed by atoms with Gasteiger partial charge in [-0.25, -0.2) is 29.1 Å². The highest BCUT2D eigenvalue weighted by molar-refractivity contribution is 6.15. The molecule has 16 nitrogen and oxygen atoms in total. The molecule has 19 heteroatoms. The second-order valence-corrected chi connectivity index (χ2v) is 22.5. The van der Waals surface area contributed by atoms with Crippen molar-refractivity contribution < 1.29 is 13.2 Å². The van der Waals surface area contributed by atoms with Crippen molar-refractivity contribution in [2.75, 3.05) is 0 Å². The number of nitriles is 8. The molecule has 0 aliphatic carbocycles. The Morgan fingerprint density at radius 1 is 0.300 bits per heavy atom. The van der Waals surface area contributed by atoms with Gasteiger partial charge in [0.25, 0.3) is 0 Å². The van der Waals surface area contributed by atoms with E-state index < -0.39 is 11.7 Å². The largest absolute Gasteiger partial charge is 0.416 e. The van der Waals surface area contributed by atoms with Crippen molar-refractivity contribution in [1.82, 2.24) is 9.13 Å². The Kier molecular flexibility index (Phi) is 15.4. The summed E-state index contributed by atoms with van der Waals surface area (Å²) in [7, 11) is 0. The smallest absolute Gasteiger partial charge is 0.309 e. The molecule has 0 aliphatic rings. The average Bonchev–Trinajstić information content (AvgIpc) is 1.55. The Labute approximate surface area is 566 Å². The molecule has 0 fully saturated rings. The van der Waals surface area contributed by atoms with E-state index in [9.17, 15) is 55.3 Å². The minimum atomic E-state index is -4.86. The van der Waals surface area contributed by atoms with E-state index in [0.717, 1.165) is 12.1 Å². The first kappa shape index (κ1) is 62.5. The van der Waals surface area contributed by atoms with E-state index in [0.29, 0.717) is 77.2 Å². The summed E-state index contributed by atoms with van der Waals surface area (Å²) in [4.78, 5) is 21.6. The first-order valence-corrected chi connectivity index (χ1v) is 29.4. The highest BCUT2D eigenvalue weighted by Crippen LogP contribution is 2.49. The fourth-order valence-electron chi connectivity index (χ4n) is 13.1. The Morgan fingerprint density at radius 2 is 0.700 bits per heavy atom. The molecule has 0 spiro atoms. The highest BCUT2D eigenvalue weighted by Gasteiger charge is 2.32. The van der Waals surface area contributed by atoms with Gasteiger partial charge in [-0.1, -0.05) is 48.5 Å². The predicted molar refractivity (Wildman–Crippen MR) is 368 cm³/mol. The number of benzene rings is 11. The third-order valence-electron chi connectivity index (χ3n) is 17.3. The van der Waals surface area contributed by atoms with Crippen LogP contribution < -0.4 is 0 Å². The van der Waals surface area contributed by atoms with Crippen LogP contribution in [0.25, 0.3) is 151 Å². The molecule has 0 radical (unpaired) electrons. The average molecular weight is 1280 g/mol. The lowest BCUT2D eigenvalue weighted by Gasteiger charge is -2.20. The number of fused-ring (bicyclic) bond motifs is 6. The number of alkyl halides is 3. The summed E-state index contributed by atoms with van der Waals surface area (Å²) in [6, 6.07) is 61.5. The van der Waals surface area contributed by atoms with Crippen molar-refractivity contribution in [2.24, 2.45) is 0 Å². The fraction of sp³-hybridized carbons (Fsp3) is 0.0123. The van der Waals surface area contributed by atoms with Crippen LogP contribution in [-0.4, -0.2) is 9.13 Å². The second kappa shape index (κ2) is 24.6. The van der Waals surface area contributed by atoms with Crippen molar-refractivity contribution in [3.05, 3.63) is 294 Å². The van der Waals surface area contributed by atoms with Gasteiger partial charge in [-0.3, -0.25) is 0 Å². The molecule has 0 atom stereocenters. The molecule has 0 N–H and O–H groups in total. The standard InChI is InChI=1S/C81H29F3N16/c1-93-57-25-52(40-89)77(53(26-57)41-90)46-8-17-72-65(29-46)66-30-47(78-51(39-88)21-45(37-86)23-69(78)96-4)9-18-73(66)99(72)60-13-15-62(61-14-12-56(81(82,83)84)24-50(61)38-87)63(35-60)64-22-44(36-85)7-16-74(64)100-75-19-10-48(79-54(42-91)27-58(94-2)33-70(79)97-5)31-67(75)68-32-49(11-20-76(68)100)80-55(43-92)28-59(95-3)34-71(80)98-6/h7-35H. The molecule has 0 aliphatic heterocycles. The van der Waals surface area contributed by atoms with Gasteiger partial charge in [-0.05, 0) is 161 Å². The van der Waals surface area contributed by atoms with Crippen molar-refractivity contribution in [2.45, 2.75) is 6.18 Å². The predicted octanol–water partition coefficient (Wildman–Crippen LogP) is 21.2. The zero-order chi connectivity index (χ0) is 70.4. The topological polar surface area (TPSA) is 226 Å². The van der Waals surface area contributed by atoms with Crippen molar-refractivity contribution >= 4 is 77.7 Å². The summed E-state index contributed by atoms with van der Waals surface area (Å²) in [6.07, 6.45) is -4.86. The maximum atomic E-state index is 14.6. The molecule has 0 unspecified atom stereocenters. The summed E-state index contributed by atoms with van der Waals surface area (Å²) in [5, 5.41) is 86.2. The van der Waals surface area contributed by atoms with E-state index in [-0.39, 0.29) is 123 Å². The minimum absolute atomic E-state index is 0.0144. The van der Waals surface area contributed by atoms with Crippen LogP contribution in [0.3, 0.4) is 0 Å². The van der Waals surface area contributed by atoms with Crippen molar-refractivity contribution in [3.8, 4) is 127 Å². The molecule has 454 valence electrons. The number of aromatic nitrogens is 2. The van der Waals surface area contributed by atoms with Gasteiger partial charge in [0.05, 0.1) is 149 Å². The zero-order valence-corrected chi connectivity index (χ0v) is 51.0. The summed E-state index contributed by atoms with van der Waals surface area (Å²) >= 11 is 0. The molecule has 13 aromatic rings. The van der Waals surface area contributed by atoms with Crippen LogP contribution in [-0.2, 0) is 6.18 Å². The molecule has 2 aromatic heterocycles. The van der Waals surface area contributed by atoms with E-state index in [2.05, 4.69) is 65.5 Å². The molecule has 13 rings (SSSR count). The van der Waals surface area contributed by atoms with Gasteiger partial charge < -0.3 is 9.13 Å². The quantitative estimate of drug-likeness (QED) is 0.133. The van der Waals surface area contributed by atoms with E-state index in [1.807, 2.05) is 21.3 Å². The fourth-order valence-corrected chi connectivity index (χ4v) is 13.1. The third-order valence-corrected chi connectivity index (χ3v) is 17.3. The normalized spacial score (nSPS) is 10.6. The van der Waals surface area contributed by atoms with E-state index >= 15 is 0 Å². The lowest BCUT2D eigenvalue weighted by Crippen LogP contribution is -2.06. The third kappa shape index (κ3) is 10.2. The molecule has 0 saturated heterocycles. The SMILES string of the molecule is [C-]#[N+]c1cc(C#N)c(-c2ccc3c(c2)c2cc(-c4c(C#N)cc(C#N)cc4[N+]#[C-])ccc2n3-c2ccc(-c3ccc(C(F)(F)F)cc3C#N)c(-c3cc(C#N)ccc3-n3c4ccc(-c5c(C#N)cc([N+]#[C-])cc5[N+]#[C-])cc4c4cc(-c5c(C#N)cc([N+]#[C-])cc5[N+]#[C-])ccc43)c2)c(C#N)c1. The number of hydrogen-bond acceptors (Lipinski definition) is 8. The summed E-state index contributed by atoms with van der Waals surface area (Å²) in [5.74, 6) is 0. The Hall–Kier alpha value is -16.3. The van der Waals surface area contributed by atoms with Gasteiger partial charge >= 0.3 is 6.18 Å². The van der Waals surface area contributed by atoms with Crippen LogP contribution in [0.4, 0.5) is 47.3 Å². The van der Waals surface area contributed by atoms with Gasteiger partial charge in [0.2, 0.25) is 0 Å². The van der Waals surface area contributed by atoms with Gasteiger partial charge in [-0.15, -0.1) is 0 Å². The molecular weight excluding hydrogens is 1250 g/mol. The van der Waals surface area contributed by atoms with Crippen LogP contribution in [0.15, 0.2) is 176 Å². The maximum absolute atomic E-state index is 14.6. The van der Waals surface area contributed by atoms with Crippen LogP contribution >= 0.6 is 0 Å².